The van der Waals surface area contributed by atoms with E-state index in [2.05, 4.69) is 51.9 Å². The second-order valence-corrected chi connectivity index (χ2v) is 9.11. The van der Waals surface area contributed by atoms with Gasteiger partial charge in [0.25, 0.3) is 0 Å². The first-order valence-corrected chi connectivity index (χ1v) is 11.8. The number of hydrogen-bond donors (Lipinski definition) is 2. The monoisotopic (exact) mass is 450 g/mol. The van der Waals surface area contributed by atoms with Crippen LogP contribution in [0.4, 0.5) is 10.5 Å². The van der Waals surface area contributed by atoms with E-state index in [-0.39, 0.29) is 18.1 Å². The van der Waals surface area contributed by atoms with Gasteiger partial charge in [-0.3, -0.25) is 9.69 Å². The van der Waals surface area contributed by atoms with Crippen molar-refractivity contribution in [3.8, 4) is 11.1 Å². The number of piperazine rings is 1. The molecule has 2 N–H and O–H groups in total. The first kappa shape index (κ1) is 23.3. The summed E-state index contributed by atoms with van der Waals surface area (Å²) < 4.78 is 5.29. The van der Waals surface area contributed by atoms with Crippen molar-refractivity contribution in [1.82, 2.24) is 15.5 Å². The Kier molecular flexibility index (Phi) is 7.30. The van der Waals surface area contributed by atoms with Crippen LogP contribution in [0.3, 0.4) is 0 Å². The fourth-order valence-corrected chi connectivity index (χ4v) is 4.59. The summed E-state index contributed by atoms with van der Waals surface area (Å²) in [4.78, 5) is 28.7. The molecule has 2 heterocycles. The summed E-state index contributed by atoms with van der Waals surface area (Å²) in [6, 6.07) is 14.6. The molecule has 0 saturated carbocycles. The number of fused-ring (bicyclic) bond motifs is 1. The Labute approximate surface area is 196 Å². The zero-order chi connectivity index (χ0) is 23.4. The number of ether oxygens (including phenoxy) is 1. The summed E-state index contributed by atoms with van der Waals surface area (Å²) in [7, 11) is 0. The Morgan fingerprint density at radius 2 is 1.76 bits per heavy atom. The molecule has 1 atom stereocenters. The third-order valence-corrected chi connectivity index (χ3v) is 6.25. The fraction of sp³-hybridized carbons (Fsp3) is 0.462. The lowest BCUT2D eigenvalue weighted by Gasteiger charge is -2.34. The second-order valence-electron chi connectivity index (χ2n) is 9.11. The molecule has 4 rings (SSSR count). The minimum atomic E-state index is -0.431. The van der Waals surface area contributed by atoms with E-state index in [9.17, 15) is 9.59 Å². The number of alkyl carbamates (subject to hydrolysis) is 1. The molecular weight excluding hydrogens is 416 g/mol. The summed E-state index contributed by atoms with van der Waals surface area (Å²) in [5, 5.41) is 6.38. The average molecular weight is 451 g/mol. The smallest absolute Gasteiger partial charge is 0.407 e. The van der Waals surface area contributed by atoms with Gasteiger partial charge in [-0.2, -0.15) is 0 Å². The predicted octanol–water partition coefficient (Wildman–Crippen LogP) is 3.69. The van der Waals surface area contributed by atoms with E-state index < -0.39 is 6.09 Å². The van der Waals surface area contributed by atoms with Crippen molar-refractivity contribution in [2.45, 2.75) is 45.9 Å². The zero-order valence-electron chi connectivity index (χ0n) is 19.8. The van der Waals surface area contributed by atoms with E-state index in [1.165, 1.54) is 5.56 Å². The van der Waals surface area contributed by atoms with Crippen LogP contribution in [0, 0.1) is 0 Å². The van der Waals surface area contributed by atoms with E-state index in [1.54, 1.807) is 11.8 Å². The standard InChI is InChI=1S/C26H34N4O3/c1-18(2)33-26(32)28-24-10-13-30(19(3)31)25-9-8-22(16-23(24)25)21-6-4-20(5-7-21)17-29-14-11-27-12-15-29/h4-9,16,18,24,27H,10-15,17H2,1-3H3,(H,28,32)/t24-/m1/s1. The highest BCUT2D eigenvalue weighted by atomic mass is 16.6. The molecule has 0 bridgehead atoms. The van der Waals surface area contributed by atoms with Gasteiger partial charge >= 0.3 is 6.09 Å². The van der Waals surface area contributed by atoms with Crippen LogP contribution < -0.4 is 15.5 Å². The molecule has 2 aromatic carbocycles. The fourth-order valence-electron chi connectivity index (χ4n) is 4.59. The normalized spacial score (nSPS) is 18.7. The lowest BCUT2D eigenvalue weighted by molar-refractivity contribution is -0.116. The van der Waals surface area contributed by atoms with Crippen molar-refractivity contribution >= 4 is 17.7 Å². The van der Waals surface area contributed by atoms with Gasteiger partial charge < -0.3 is 20.3 Å². The molecule has 7 nitrogen and oxygen atoms in total. The lowest BCUT2D eigenvalue weighted by Crippen LogP contribution is -2.42. The summed E-state index contributed by atoms with van der Waals surface area (Å²) in [6.07, 6.45) is 0.0278. The number of nitrogens with one attached hydrogen (secondary N) is 2. The number of benzene rings is 2. The number of nitrogens with zero attached hydrogens (tertiary/aromatic N) is 2. The van der Waals surface area contributed by atoms with Crippen molar-refractivity contribution in [2.24, 2.45) is 0 Å². The number of carbonyl (C=O) groups is 2. The van der Waals surface area contributed by atoms with Gasteiger partial charge in [-0.05, 0) is 54.7 Å². The van der Waals surface area contributed by atoms with E-state index in [0.29, 0.717) is 13.0 Å². The maximum atomic E-state index is 12.3. The van der Waals surface area contributed by atoms with Crippen LogP contribution in [0.5, 0.6) is 0 Å². The van der Waals surface area contributed by atoms with Crippen molar-refractivity contribution in [2.75, 3.05) is 37.6 Å². The first-order valence-electron chi connectivity index (χ1n) is 11.8. The molecule has 0 radical (unpaired) electrons. The second kappa shape index (κ2) is 10.4. The Balaban J connectivity index is 1.56. The maximum absolute atomic E-state index is 12.3. The van der Waals surface area contributed by atoms with Crippen LogP contribution in [0.25, 0.3) is 11.1 Å². The number of hydrogen-bond acceptors (Lipinski definition) is 5. The van der Waals surface area contributed by atoms with Crippen LogP contribution in [0.1, 0.15) is 44.4 Å². The molecule has 0 aliphatic carbocycles. The summed E-state index contributed by atoms with van der Waals surface area (Å²) in [5.41, 5.74) is 5.28. The largest absolute Gasteiger partial charge is 0.447 e. The minimum absolute atomic E-state index is 0.00414. The predicted molar refractivity (Wildman–Crippen MR) is 130 cm³/mol. The zero-order valence-corrected chi connectivity index (χ0v) is 19.8. The molecule has 2 aliphatic heterocycles. The van der Waals surface area contributed by atoms with Gasteiger partial charge in [-0.1, -0.05) is 30.3 Å². The van der Waals surface area contributed by atoms with Crippen LogP contribution >= 0.6 is 0 Å². The molecule has 33 heavy (non-hydrogen) atoms. The number of anilines is 1. The third kappa shape index (κ3) is 5.72. The topological polar surface area (TPSA) is 73.9 Å². The van der Waals surface area contributed by atoms with Crippen molar-refractivity contribution in [3.63, 3.8) is 0 Å². The van der Waals surface area contributed by atoms with E-state index in [1.807, 2.05) is 19.9 Å². The van der Waals surface area contributed by atoms with Crippen LogP contribution in [0.15, 0.2) is 42.5 Å². The molecule has 0 unspecified atom stereocenters. The summed E-state index contributed by atoms with van der Waals surface area (Å²) in [6.45, 7) is 11.0. The molecule has 7 heteroatoms. The summed E-state index contributed by atoms with van der Waals surface area (Å²) >= 11 is 0. The van der Waals surface area contributed by atoms with E-state index in [0.717, 1.165) is 55.1 Å². The highest BCUT2D eigenvalue weighted by molar-refractivity contribution is 5.93. The minimum Gasteiger partial charge on any atom is -0.447 e. The highest BCUT2D eigenvalue weighted by Gasteiger charge is 2.29. The number of amides is 2. The van der Waals surface area contributed by atoms with Gasteiger partial charge in [0.2, 0.25) is 5.91 Å². The molecule has 1 fully saturated rings. The molecular formula is C26H34N4O3. The van der Waals surface area contributed by atoms with E-state index in [4.69, 9.17) is 4.74 Å². The van der Waals surface area contributed by atoms with Crippen molar-refractivity contribution in [1.29, 1.82) is 0 Å². The Morgan fingerprint density at radius 1 is 1.06 bits per heavy atom. The number of carbonyl (C=O) groups excluding carboxylic acids is 2. The molecule has 2 amide bonds. The molecule has 0 aromatic heterocycles. The van der Waals surface area contributed by atoms with Crippen LogP contribution in [-0.2, 0) is 16.1 Å². The van der Waals surface area contributed by atoms with E-state index >= 15 is 0 Å². The van der Waals surface area contributed by atoms with Crippen LogP contribution in [0.2, 0.25) is 0 Å². The average Bonchev–Trinajstić information content (AvgIpc) is 2.79. The maximum Gasteiger partial charge on any atom is 0.407 e. The Hall–Kier alpha value is -2.90. The van der Waals surface area contributed by atoms with Gasteiger partial charge in [0.1, 0.15) is 0 Å². The molecule has 2 aromatic rings. The Morgan fingerprint density at radius 3 is 2.42 bits per heavy atom. The van der Waals surface area contributed by atoms with Crippen molar-refractivity contribution in [3.05, 3.63) is 53.6 Å². The molecule has 0 spiro atoms. The lowest BCUT2D eigenvalue weighted by atomic mass is 9.92. The molecule has 176 valence electrons. The van der Waals surface area contributed by atoms with Gasteiger partial charge in [0.15, 0.2) is 0 Å². The quantitative estimate of drug-likeness (QED) is 0.727. The van der Waals surface area contributed by atoms with Gasteiger partial charge in [0.05, 0.1) is 12.1 Å². The van der Waals surface area contributed by atoms with Gasteiger partial charge in [-0.15, -0.1) is 0 Å². The third-order valence-electron chi connectivity index (χ3n) is 6.25. The van der Waals surface area contributed by atoms with Crippen LogP contribution in [-0.4, -0.2) is 55.7 Å². The van der Waals surface area contributed by atoms with Crippen molar-refractivity contribution < 1.29 is 14.3 Å². The first-order chi connectivity index (χ1) is 15.9. The van der Waals surface area contributed by atoms with Gasteiger partial charge in [-0.25, -0.2) is 4.79 Å². The number of rotatable bonds is 5. The highest BCUT2D eigenvalue weighted by Crippen LogP contribution is 2.37. The molecule has 1 saturated heterocycles. The summed E-state index contributed by atoms with van der Waals surface area (Å²) in [5.74, 6) is 0.00414. The molecule has 2 aliphatic rings. The SMILES string of the molecule is CC(=O)N1CC[C@@H](NC(=O)OC(C)C)c2cc(-c3ccc(CN4CCNCC4)cc3)ccc21. The van der Waals surface area contributed by atoms with Gasteiger partial charge in [0, 0.05) is 51.9 Å². The Bertz CT molecular complexity index is 984.